The molecule has 1 aromatic carbocycles. The Morgan fingerprint density at radius 3 is 2.62 bits per heavy atom. The topological polar surface area (TPSA) is 37.8 Å². The normalized spacial score (nSPS) is 12.3. The fourth-order valence-electron chi connectivity index (χ4n) is 2.50. The molecule has 2 aromatic rings. The fraction of sp³-hybridized carbons (Fsp3) is 0.444. The van der Waals surface area contributed by atoms with Crippen molar-refractivity contribution in [1.82, 2.24) is 15.3 Å². The molecule has 1 aromatic heterocycles. The highest BCUT2D eigenvalue weighted by atomic mass is 14.9. The van der Waals surface area contributed by atoms with Crippen LogP contribution in [0, 0.1) is 6.92 Å². The number of unbranched alkanes of at least 4 members (excludes halogenated alkanes) is 2. The van der Waals surface area contributed by atoms with Gasteiger partial charge in [0, 0.05) is 18.8 Å². The third kappa shape index (κ3) is 5.27. The standard InChI is InChI=1S/C18H25N3/c1-3-4-6-11-18(16-9-7-5-8-10-16)20-14-17-12-13-19-15(2)21-17/h5,7-10,12-13,18,20H,3-4,6,11,14H2,1-2H3. The average Bonchev–Trinajstić information content (AvgIpc) is 2.52. The van der Waals surface area contributed by atoms with Gasteiger partial charge >= 0.3 is 0 Å². The molecular formula is C18H25N3. The van der Waals surface area contributed by atoms with Gasteiger partial charge in [0.15, 0.2) is 0 Å². The maximum Gasteiger partial charge on any atom is 0.125 e. The Kier molecular flexibility index (Phi) is 6.35. The van der Waals surface area contributed by atoms with E-state index in [1.165, 1.54) is 31.2 Å². The predicted molar refractivity (Wildman–Crippen MR) is 86.9 cm³/mol. The summed E-state index contributed by atoms with van der Waals surface area (Å²) in [6.07, 6.45) is 6.80. The summed E-state index contributed by atoms with van der Waals surface area (Å²) in [5.41, 5.74) is 2.42. The first-order valence-corrected chi connectivity index (χ1v) is 7.86. The lowest BCUT2D eigenvalue weighted by Gasteiger charge is -2.19. The van der Waals surface area contributed by atoms with Crippen molar-refractivity contribution in [2.24, 2.45) is 0 Å². The van der Waals surface area contributed by atoms with E-state index in [-0.39, 0.29) is 0 Å². The molecule has 0 saturated carbocycles. The number of rotatable bonds is 8. The maximum atomic E-state index is 4.46. The van der Waals surface area contributed by atoms with Gasteiger partial charge in [-0.3, -0.25) is 0 Å². The average molecular weight is 283 g/mol. The van der Waals surface area contributed by atoms with Crippen molar-refractivity contribution in [3.8, 4) is 0 Å². The molecule has 1 unspecified atom stereocenters. The summed E-state index contributed by atoms with van der Waals surface area (Å²) in [6.45, 7) is 4.96. The van der Waals surface area contributed by atoms with Crippen LogP contribution in [0.5, 0.6) is 0 Å². The first-order valence-electron chi connectivity index (χ1n) is 7.86. The third-order valence-corrected chi connectivity index (χ3v) is 3.66. The summed E-state index contributed by atoms with van der Waals surface area (Å²) in [7, 11) is 0. The Hall–Kier alpha value is -1.74. The molecule has 1 atom stereocenters. The second kappa shape index (κ2) is 8.53. The Labute approximate surface area is 127 Å². The van der Waals surface area contributed by atoms with Crippen LogP contribution in [0.3, 0.4) is 0 Å². The highest BCUT2D eigenvalue weighted by Crippen LogP contribution is 2.20. The number of hydrogen-bond acceptors (Lipinski definition) is 3. The highest BCUT2D eigenvalue weighted by molar-refractivity contribution is 5.19. The minimum atomic E-state index is 0.396. The zero-order chi connectivity index (χ0) is 14.9. The fourth-order valence-corrected chi connectivity index (χ4v) is 2.50. The molecule has 1 N–H and O–H groups in total. The van der Waals surface area contributed by atoms with Gasteiger partial charge < -0.3 is 5.32 Å². The smallest absolute Gasteiger partial charge is 0.125 e. The molecule has 0 saturated heterocycles. The van der Waals surface area contributed by atoms with Crippen molar-refractivity contribution >= 4 is 0 Å². The molecule has 0 fully saturated rings. The molecular weight excluding hydrogens is 258 g/mol. The van der Waals surface area contributed by atoms with Gasteiger partial charge in [0.05, 0.1) is 5.69 Å². The first-order chi connectivity index (χ1) is 10.3. The Balaban J connectivity index is 1.98. The summed E-state index contributed by atoms with van der Waals surface area (Å²) in [6, 6.07) is 13.1. The van der Waals surface area contributed by atoms with Crippen molar-refractivity contribution < 1.29 is 0 Å². The van der Waals surface area contributed by atoms with Gasteiger partial charge in [-0.15, -0.1) is 0 Å². The van der Waals surface area contributed by atoms with E-state index >= 15 is 0 Å². The van der Waals surface area contributed by atoms with Gasteiger partial charge in [0.25, 0.3) is 0 Å². The van der Waals surface area contributed by atoms with Gasteiger partial charge in [-0.05, 0) is 25.0 Å². The van der Waals surface area contributed by atoms with Gasteiger partial charge in [0.2, 0.25) is 0 Å². The van der Waals surface area contributed by atoms with Crippen molar-refractivity contribution in [2.75, 3.05) is 0 Å². The van der Waals surface area contributed by atoms with Crippen LogP contribution in [-0.4, -0.2) is 9.97 Å². The van der Waals surface area contributed by atoms with E-state index in [0.717, 1.165) is 18.1 Å². The molecule has 112 valence electrons. The first kappa shape index (κ1) is 15.6. The largest absolute Gasteiger partial charge is 0.304 e. The molecule has 0 amide bonds. The summed E-state index contributed by atoms with van der Waals surface area (Å²) in [5.74, 6) is 0.830. The number of aryl methyl sites for hydroxylation is 1. The monoisotopic (exact) mass is 283 g/mol. The molecule has 0 aliphatic heterocycles. The van der Waals surface area contributed by atoms with E-state index < -0.39 is 0 Å². The molecule has 0 aliphatic rings. The molecule has 0 aliphatic carbocycles. The molecule has 1 heterocycles. The molecule has 0 spiro atoms. The van der Waals surface area contributed by atoms with Gasteiger partial charge in [-0.25, -0.2) is 9.97 Å². The SMILES string of the molecule is CCCCCC(NCc1ccnc(C)n1)c1ccccc1. The van der Waals surface area contributed by atoms with E-state index in [1.54, 1.807) is 0 Å². The number of nitrogens with one attached hydrogen (secondary N) is 1. The van der Waals surface area contributed by atoms with Gasteiger partial charge in [-0.2, -0.15) is 0 Å². The summed E-state index contributed by atoms with van der Waals surface area (Å²) in [5, 5.41) is 3.65. The molecule has 3 heteroatoms. The van der Waals surface area contributed by atoms with Gasteiger partial charge in [0.1, 0.15) is 5.82 Å². The Morgan fingerprint density at radius 1 is 1.10 bits per heavy atom. The lowest BCUT2D eigenvalue weighted by atomic mass is 10.0. The lowest BCUT2D eigenvalue weighted by molar-refractivity contribution is 0.470. The number of aromatic nitrogens is 2. The zero-order valence-corrected chi connectivity index (χ0v) is 13.0. The van der Waals surface area contributed by atoms with Crippen molar-refractivity contribution in [2.45, 2.75) is 52.1 Å². The van der Waals surface area contributed by atoms with Crippen LogP contribution in [0.25, 0.3) is 0 Å². The Bertz CT molecular complexity index is 525. The highest BCUT2D eigenvalue weighted by Gasteiger charge is 2.10. The van der Waals surface area contributed by atoms with E-state index in [1.807, 2.05) is 19.2 Å². The number of hydrogen-bond donors (Lipinski definition) is 1. The van der Waals surface area contributed by atoms with Gasteiger partial charge in [-0.1, -0.05) is 56.5 Å². The molecule has 0 radical (unpaired) electrons. The van der Waals surface area contributed by atoms with E-state index in [9.17, 15) is 0 Å². The van der Waals surface area contributed by atoms with Crippen LogP contribution in [-0.2, 0) is 6.54 Å². The van der Waals surface area contributed by atoms with Crippen LogP contribution in [0.15, 0.2) is 42.6 Å². The van der Waals surface area contributed by atoms with E-state index in [2.05, 4.69) is 52.5 Å². The second-order valence-electron chi connectivity index (χ2n) is 5.44. The minimum absolute atomic E-state index is 0.396. The minimum Gasteiger partial charge on any atom is -0.304 e. The summed E-state index contributed by atoms with van der Waals surface area (Å²) in [4.78, 5) is 8.61. The molecule has 3 nitrogen and oxygen atoms in total. The zero-order valence-electron chi connectivity index (χ0n) is 13.0. The Morgan fingerprint density at radius 2 is 1.90 bits per heavy atom. The van der Waals surface area contributed by atoms with Crippen molar-refractivity contribution in [3.05, 3.63) is 59.7 Å². The van der Waals surface area contributed by atoms with Crippen molar-refractivity contribution in [3.63, 3.8) is 0 Å². The molecule has 2 rings (SSSR count). The van der Waals surface area contributed by atoms with E-state index in [0.29, 0.717) is 6.04 Å². The third-order valence-electron chi connectivity index (χ3n) is 3.66. The lowest BCUT2D eigenvalue weighted by Crippen LogP contribution is -2.21. The summed E-state index contributed by atoms with van der Waals surface area (Å²) >= 11 is 0. The van der Waals surface area contributed by atoms with Crippen molar-refractivity contribution in [1.29, 1.82) is 0 Å². The predicted octanol–water partition coefficient (Wildman–Crippen LogP) is 4.20. The quantitative estimate of drug-likeness (QED) is 0.738. The molecule has 21 heavy (non-hydrogen) atoms. The maximum absolute atomic E-state index is 4.46. The van der Waals surface area contributed by atoms with Crippen LogP contribution in [0.4, 0.5) is 0 Å². The van der Waals surface area contributed by atoms with Crippen LogP contribution >= 0.6 is 0 Å². The number of benzene rings is 1. The summed E-state index contributed by atoms with van der Waals surface area (Å²) < 4.78 is 0. The van der Waals surface area contributed by atoms with Crippen LogP contribution in [0.2, 0.25) is 0 Å². The molecule has 0 bridgehead atoms. The van der Waals surface area contributed by atoms with Crippen LogP contribution < -0.4 is 5.32 Å². The number of nitrogens with zero attached hydrogens (tertiary/aromatic N) is 2. The second-order valence-corrected chi connectivity index (χ2v) is 5.44. The van der Waals surface area contributed by atoms with E-state index in [4.69, 9.17) is 0 Å². The van der Waals surface area contributed by atoms with Crippen LogP contribution in [0.1, 0.15) is 55.7 Å².